The zero-order chi connectivity index (χ0) is 90.6. The van der Waals surface area contributed by atoms with Crippen LogP contribution in [0.15, 0.2) is 340 Å². The van der Waals surface area contributed by atoms with E-state index in [9.17, 15) is 10.2 Å². The second kappa shape index (κ2) is 43.6. The van der Waals surface area contributed by atoms with E-state index in [4.69, 9.17) is 44.8 Å². The lowest BCUT2D eigenvalue weighted by Crippen LogP contribution is -2.33. The Kier molecular flexibility index (Phi) is 29.1. The van der Waals surface area contributed by atoms with Crippen molar-refractivity contribution in [3.63, 3.8) is 0 Å². The number of nitrogens with one attached hydrogen (secondary N) is 1. The van der Waals surface area contributed by atoms with Crippen molar-refractivity contribution in [3.05, 3.63) is 379 Å². The lowest BCUT2D eigenvalue weighted by molar-refractivity contribution is 0.183. The van der Waals surface area contributed by atoms with E-state index in [0.717, 1.165) is 162 Å². The fraction of sp³-hybridized carbons (Fsp3) is 0.237. The summed E-state index contributed by atoms with van der Waals surface area (Å²) in [5.74, 6) is 7.33. The normalized spacial score (nSPS) is 13.8. The third-order valence-electron chi connectivity index (χ3n) is 26.1. The van der Waals surface area contributed by atoms with Crippen LogP contribution in [0.25, 0.3) is 97.7 Å². The van der Waals surface area contributed by atoms with Crippen LogP contribution in [-0.4, -0.2) is 118 Å². The van der Waals surface area contributed by atoms with Crippen molar-refractivity contribution < 1.29 is 43.4 Å². The van der Waals surface area contributed by atoms with Gasteiger partial charge in [-0.15, -0.1) is 11.6 Å². The van der Waals surface area contributed by atoms with E-state index in [1.807, 2.05) is 133 Å². The predicted molar refractivity (Wildman–Crippen MR) is 548 cm³/mol. The van der Waals surface area contributed by atoms with Crippen LogP contribution >= 0.6 is 11.6 Å². The van der Waals surface area contributed by atoms with Crippen LogP contribution in [-0.2, 0) is 45.4 Å². The van der Waals surface area contributed by atoms with Crippen LogP contribution in [0.4, 0.5) is 0 Å². The van der Waals surface area contributed by atoms with Gasteiger partial charge in [0.2, 0.25) is 0 Å². The Labute approximate surface area is 788 Å². The van der Waals surface area contributed by atoms with Crippen molar-refractivity contribution >= 4 is 109 Å². The summed E-state index contributed by atoms with van der Waals surface area (Å²) >= 11 is 5.74. The maximum absolute atomic E-state index is 10.2. The smallest absolute Gasteiger partial charge is 0.120 e. The predicted octanol–water partition coefficient (Wildman–Crippen LogP) is 27.2. The first kappa shape index (κ1) is 89.3. The molecule has 3 N–H and O–H groups in total. The number of phenolic OH excluding ortho intramolecular Hbond substituents is 2. The van der Waals surface area contributed by atoms with E-state index >= 15 is 0 Å². The molecule has 15 nitrogen and oxygen atoms in total. The Morgan fingerprint density at radius 1 is 0.254 bits per heavy atom. The molecule has 22 rings (SSSR count). The van der Waals surface area contributed by atoms with Gasteiger partial charge in [-0.25, -0.2) is 0 Å². The molecule has 0 saturated carbocycles. The summed E-state index contributed by atoms with van der Waals surface area (Å²) < 4.78 is 47.2. The third-order valence-corrected chi connectivity index (χ3v) is 26.4. The molecular formula is C118H115ClN6O9. The monoisotopic (exact) mass is 1790 g/mol. The molecule has 3 aliphatic heterocycles. The SMILES string of the molecule is ClCc1ccc(OCCN2CCCCC2)cc1.Oc1ccc2c(ccc3c4cc(O)ccc4n(Cc4ccc(OCCN5CCCCC5)cc4)c23)c1.c1ccc(COc2ccc3c(ccc4c5cc(OCc6ccccc6)ccc5[nH]c34)c2)cc1.c1ccc(COc2ccc3c(ccc4c5cc(OCc6ccccc6)ccc5n(Cc5ccc(OCCN6CCCCC6)cc5)c34)c2)cc1. The fourth-order valence-electron chi connectivity index (χ4n) is 18.9. The number of fused-ring (bicyclic) bond motifs is 15. The highest BCUT2D eigenvalue weighted by Crippen LogP contribution is 2.42. The number of benzene rings is 16. The van der Waals surface area contributed by atoms with Crippen LogP contribution in [0.1, 0.15) is 96.7 Å². The number of rotatable bonds is 29. The van der Waals surface area contributed by atoms with Crippen molar-refractivity contribution in [2.75, 3.05) is 78.7 Å². The Bertz CT molecular complexity index is 7100. The van der Waals surface area contributed by atoms with Crippen LogP contribution in [0, 0.1) is 0 Å². The lowest BCUT2D eigenvalue weighted by Gasteiger charge is -2.26. The first-order valence-corrected chi connectivity index (χ1v) is 48.1. The largest absolute Gasteiger partial charge is 0.508 e. The molecule has 3 aromatic heterocycles. The maximum atomic E-state index is 10.2. The van der Waals surface area contributed by atoms with Crippen molar-refractivity contribution in [1.29, 1.82) is 0 Å². The van der Waals surface area contributed by atoms with Crippen LogP contribution in [0.3, 0.4) is 0 Å². The molecule has 0 spiro atoms. The third kappa shape index (κ3) is 22.4. The number of aromatic amines is 1. The van der Waals surface area contributed by atoms with Gasteiger partial charge in [0.1, 0.15) is 98.0 Å². The quantitative estimate of drug-likeness (QED) is 0.0385. The fourth-order valence-corrected chi connectivity index (χ4v) is 19.1. The molecule has 0 unspecified atom stereocenters. The van der Waals surface area contributed by atoms with Crippen LogP contribution in [0.2, 0.25) is 0 Å². The molecule has 16 heteroatoms. The summed E-state index contributed by atoms with van der Waals surface area (Å²) in [6.07, 6.45) is 12.0. The van der Waals surface area contributed by atoms with Crippen LogP contribution in [0.5, 0.6) is 51.7 Å². The summed E-state index contributed by atoms with van der Waals surface area (Å²) in [5, 5.41) is 33.8. The molecule has 3 fully saturated rings. The van der Waals surface area contributed by atoms with Crippen molar-refractivity contribution in [2.45, 2.75) is 103 Å². The maximum Gasteiger partial charge on any atom is 0.120 e. The van der Waals surface area contributed by atoms with Gasteiger partial charge in [-0.1, -0.05) is 213 Å². The molecule has 3 aliphatic rings. The van der Waals surface area contributed by atoms with E-state index in [2.05, 4.69) is 217 Å². The number of nitrogens with zero attached hydrogens (tertiary/aromatic N) is 5. The molecule has 0 radical (unpaired) electrons. The summed E-state index contributed by atoms with van der Waals surface area (Å²) in [6, 6.07) is 116. The number of phenols is 2. The average Bonchev–Trinajstić information content (AvgIpc) is 1.57. The highest BCUT2D eigenvalue weighted by Gasteiger charge is 2.21. The van der Waals surface area contributed by atoms with E-state index in [1.165, 1.54) is 152 Å². The molecule has 678 valence electrons. The number of aromatic nitrogens is 3. The summed E-state index contributed by atoms with van der Waals surface area (Å²) in [7, 11) is 0. The standard InChI is InChI=1S/C44H42N2O3.C30H30N2O3.C30H23NO2.C14H20ClNO/c1-4-10-34(11-5-1)31-48-38-19-22-40-36(28-38)16-21-41-42-29-39(49-32-35-12-6-2-7-13-35)20-23-43(42)46(44(40)41)30-33-14-17-37(18-15-33)47-27-26-45-24-8-3-9-25-45;33-23-7-12-26-22(18-23)6-11-27-28-19-24(34)8-13-29(28)32(30(26)27)20-21-4-9-25(10-5-21)35-17-16-31-14-2-1-3-15-31;1-3-7-21(8-4-1)19-32-24-12-15-26-23(17-24)11-14-27-28-18-25(13-16-29(28)31-30(26)27)33-20-22-9-5-2-6-10-22;15-12-13-4-6-14(7-5-13)17-11-10-16-8-2-1-3-9-16/h1-2,4-7,10-23,28-29H,3,8-9,24-27,30-32H2;4-13,18-19,33-34H,1-3,14-17,20H2;1-18,31H,19-20H2;4-7H,1-3,8-12H2. The van der Waals surface area contributed by atoms with E-state index in [0.29, 0.717) is 45.5 Å². The summed E-state index contributed by atoms with van der Waals surface area (Å²) in [6.45, 7) is 16.1. The van der Waals surface area contributed by atoms with Gasteiger partial charge < -0.3 is 57.5 Å². The number of hydrogen-bond acceptors (Lipinski definition) is 12. The topological polar surface area (TPSA) is 140 Å². The Morgan fingerprint density at radius 3 is 1.02 bits per heavy atom. The molecule has 19 aromatic rings. The van der Waals surface area contributed by atoms with Crippen LogP contribution < -0.4 is 33.2 Å². The number of alkyl halides is 1. The Balaban J connectivity index is 0.000000121. The van der Waals surface area contributed by atoms with Gasteiger partial charge in [0.15, 0.2) is 0 Å². The molecule has 6 heterocycles. The number of piperidine rings is 3. The molecule has 0 bridgehead atoms. The van der Waals surface area contributed by atoms with E-state index in [1.54, 1.807) is 18.2 Å². The molecule has 134 heavy (non-hydrogen) atoms. The second-order valence-electron chi connectivity index (χ2n) is 35.4. The number of halogens is 1. The van der Waals surface area contributed by atoms with Gasteiger partial charge in [0, 0.05) is 104 Å². The number of H-pyrrole nitrogens is 1. The number of likely N-dealkylation sites (tertiary alicyclic amines) is 3. The van der Waals surface area contributed by atoms with E-state index in [-0.39, 0.29) is 11.5 Å². The second-order valence-corrected chi connectivity index (χ2v) is 35.7. The molecule has 0 atom stereocenters. The van der Waals surface area contributed by atoms with Crippen molar-refractivity contribution in [3.8, 4) is 51.7 Å². The molecule has 0 aliphatic carbocycles. The zero-order valence-electron chi connectivity index (χ0n) is 76.0. The van der Waals surface area contributed by atoms with Gasteiger partial charge in [0.25, 0.3) is 0 Å². The molecule has 3 saturated heterocycles. The number of aromatic hydroxyl groups is 2. The average molecular weight is 1800 g/mol. The van der Waals surface area contributed by atoms with Gasteiger partial charge in [0.05, 0.1) is 16.6 Å². The Morgan fingerprint density at radius 2 is 0.582 bits per heavy atom. The summed E-state index contributed by atoms with van der Waals surface area (Å²) in [5.41, 5.74) is 15.0. The highest BCUT2D eigenvalue weighted by molar-refractivity contribution is 6.20. The molecule has 0 amide bonds. The minimum Gasteiger partial charge on any atom is -0.508 e. The van der Waals surface area contributed by atoms with Gasteiger partial charge in [-0.3, -0.25) is 14.7 Å². The Hall–Kier alpha value is -13.9. The van der Waals surface area contributed by atoms with Gasteiger partial charge in [-0.2, -0.15) is 0 Å². The number of hydrogen-bond donors (Lipinski definition) is 3. The minimum absolute atomic E-state index is 0.257. The molecular weight excluding hydrogens is 1680 g/mol. The van der Waals surface area contributed by atoms with Gasteiger partial charge >= 0.3 is 0 Å². The van der Waals surface area contributed by atoms with Gasteiger partial charge in [-0.05, 0) is 278 Å². The molecule has 16 aromatic carbocycles. The number of ether oxygens (including phenoxy) is 7. The first-order chi connectivity index (χ1) is 66.1. The lowest BCUT2D eigenvalue weighted by atomic mass is 10.1. The first-order valence-electron chi connectivity index (χ1n) is 47.5. The van der Waals surface area contributed by atoms with E-state index < -0.39 is 0 Å². The summed E-state index contributed by atoms with van der Waals surface area (Å²) in [4.78, 5) is 11.1. The zero-order valence-corrected chi connectivity index (χ0v) is 76.8. The minimum atomic E-state index is 0.257. The van der Waals surface area contributed by atoms with Crippen molar-refractivity contribution in [1.82, 2.24) is 28.8 Å². The highest BCUT2D eigenvalue weighted by atomic mass is 35.5. The van der Waals surface area contributed by atoms with Crippen molar-refractivity contribution in [2.24, 2.45) is 0 Å².